The second kappa shape index (κ2) is 10.8. The van der Waals surface area contributed by atoms with Crippen LogP contribution >= 0.6 is 35.3 Å². The fourth-order valence-electron chi connectivity index (χ4n) is 3.44. The molecule has 2 heterocycles. The van der Waals surface area contributed by atoms with E-state index in [-0.39, 0.29) is 30.0 Å². The van der Waals surface area contributed by atoms with E-state index in [2.05, 4.69) is 25.5 Å². The molecule has 0 bridgehead atoms. The number of hydrogen-bond donors (Lipinski definition) is 2. The van der Waals surface area contributed by atoms with Crippen LogP contribution in [-0.2, 0) is 19.3 Å². The lowest BCUT2D eigenvalue weighted by molar-refractivity contribution is -0.137. The fourth-order valence-corrected chi connectivity index (χ4v) is 4.32. The van der Waals surface area contributed by atoms with Crippen LogP contribution < -0.4 is 10.6 Å². The Bertz CT molecular complexity index is 851. The molecule has 1 aliphatic rings. The topological polar surface area (TPSA) is 52.6 Å². The van der Waals surface area contributed by atoms with E-state index >= 15 is 0 Å². The SMILES string of the molecule is CN=C(NCc1sc(C)nc1C)NC1CCN(Cc2ccc(C(F)(F)F)cc2)C1.I. The van der Waals surface area contributed by atoms with Crippen molar-refractivity contribution in [2.75, 3.05) is 20.1 Å². The number of guanidine groups is 1. The molecule has 1 aliphatic heterocycles. The van der Waals surface area contributed by atoms with Gasteiger partial charge in [0.1, 0.15) is 0 Å². The van der Waals surface area contributed by atoms with Gasteiger partial charge in [-0.25, -0.2) is 4.98 Å². The lowest BCUT2D eigenvalue weighted by Gasteiger charge is -2.19. The molecule has 2 N–H and O–H groups in total. The molecule has 0 amide bonds. The quantitative estimate of drug-likeness (QED) is 0.329. The van der Waals surface area contributed by atoms with Gasteiger partial charge in [0.2, 0.25) is 0 Å². The van der Waals surface area contributed by atoms with Crippen molar-refractivity contribution < 1.29 is 13.2 Å². The Hall–Kier alpha value is -1.40. The van der Waals surface area contributed by atoms with Crippen molar-refractivity contribution in [1.29, 1.82) is 0 Å². The first-order valence-corrected chi connectivity index (χ1v) is 10.3. The zero-order valence-corrected chi connectivity index (χ0v) is 20.4. The first kappa shape index (κ1) is 24.9. The summed E-state index contributed by atoms with van der Waals surface area (Å²) >= 11 is 1.68. The van der Waals surface area contributed by atoms with Gasteiger partial charge >= 0.3 is 6.18 Å². The van der Waals surface area contributed by atoms with Crippen LogP contribution in [0, 0.1) is 13.8 Å². The highest BCUT2D eigenvalue weighted by Crippen LogP contribution is 2.29. The number of aromatic nitrogens is 1. The monoisotopic (exact) mass is 553 g/mol. The van der Waals surface area contributed by atoms with E-state index in [0.717, 1.165) is 53.9 Å². The van der Waals surface area contributed by atoms with Gasteiger partial charge < -0.3 is 10.6 Å². The molecule has 1 saturated heterocycles. The standard InChI is InChI=1S/C20H26F3N5S.HI/c1-13-18(29-14(2)26-13)10-25-19(24-3)27-17-8-9-28(12-17)11-15-4-6-16(7-5-15)20(21,22)23;/h4-7,17H,8-12H2,1-3H3,(H2,24,25,27);1H. The van der Waals surface area contributed by atoms with Crippen molar-refractivity contribution in [3.8, 4) is 0 Å². The Morgan fingerprint density at radius 3 is 2.53 bits per heavy atom. The molecule has 3 rings (SSSR count). The van der Waals surface area contributed by atoms with Crippen LogP contribution in [0.2, 0.25) is 0 Å². The third kappa shape index (κ3) is 6.81. The van der Waals surface area contributed by atoms with Gasteiger partial charge in [-0.15, -0.1) is 35.3 Å². The average molecular weight is 553 g/mol. The van der Waals surface area contributed by atoms with E-state index in [9.17, 15) is 13.2 Å². The predicted molar refractivity (Wildman–Crippen MR) is 125 cm³/mol. The van der Waals surface area contributed by atoms with E-state index < -0.39 is 11.7 Å². The van der Waals surface area contributed by atoms with Crippen LogP contribution in [0.4, 0.5) is 13.2 Å². The Balaban J connectivity index is 0.00000320. The van der Waals surface area contributed by atoms with E-state index in [1.807, 2.05) is 13.8 Å². The molecule has 10 heteroatoms. The summed E-state index contributed by atoms with van der Waals surface area (Å²) in [4.78, 5) is 12.2. The number of halogens is 4. The number of benzene rings is 1. The minimum absolute atomic E-state index is 0. The molecule has 5 nitrogen and oxygen atoms in total. The van der Waals surface area contributed by atoms with Crippen molar-refractivity contribution in [3.63, 3.8) is 0 Å². The number of nitrogens with zero attached hydrogens (tertiary/aromatic N) is 3. The highest BCUT2D eigenvalue weighted by atomic mass is 127. The molecule has 2 aromatic rings. The number of thiazole rings is 1. The Morgan fingerprint density at radius 1 is 1.27 bits per heavy atom. The third-order valence-corrected chi connectivity index (χ3v) is 6.01. The summed E-state index contributed by atoms with van der Waals surface area (Å²) in [5.74, 6) is 0.747. The van der Waals surface area contributed by atoms with Crippen LogP contribution in [0.3, 0.4) is 0 Å². The Kier molecular flexibility index (Phi) is 8.92. The normalized spacial score (nSPS) is 17.7. The highest BCUT2D eigenvalue weighted by Gasteiger charge is 2.30. The summed E-state index contributed by atoms with van der Waals surface area (Å²) in [5.41, 5.74) is 1.32. The second-order valence-corrected chi connectivity index (χ2v) is 8.51. The third-order valence-electron chi connectivity index (χ3n) is 4.94. The van der Waals surface area contributed by atoms with Gasteiger partial charge in [-0.2, -0.15) is 13.2 Å². The summed E-state index contributed by atoms with van der Waals surface area (Å²) in [5, 5.41) is 7.83. The molecular formula is C20H27F3IN5S. The summed E-state index contributed by atoms with van der Waals surface area (Å²) in [6.45, 7) is 7.04. The molecule has 30 heavy (non-hydrogen) atoms. The summed E-state index contributed by atoms with van der Waals surface area (Å²) in [6.07, 6.45) is -3.33. The van der Waals surface area contributed by atoms with Gasteiger partial charge in [-0.05, 0) is 38.0 Å². The number of rotatable bonds is 5. The zero-order valence-electron chi connectivity index (χ0n) is 17.2. The number of alkyl halides is 3. The van der Waals surface area contributed by atoms with Crippen molar-refractivity contribution in [2.45, 2.75) is 45.6 Å². The summed E-state index contributed by atoms with van der Waals surface area (Å²) < 4.78 is 38.1. The Morgan fingerprint density at radius 2 is 1.97 bits per heavy atom. The number of aliphatic imine (C=N–C) groups is 1. The summed E-state index contributed by atoms with van der Waals surface area (Å²) in [6, 6.07) is 5.67. The van der Waals surface area contributed by atoms with Gasteiger partial charge in [0.25, 0.3) is 0 Å². The van der Waals surface area contributed by atoms with E-state index in [4.69, 9.17) is 0 Å². The largest absolute Gasteiger partial charge is 0.416 e. The average Bonchev–Trinajstić information content (AvgIpc) is 3.23. The molecular weight excluding hydrogens is 526 g/mol. The van der Waals surface area contributed by atoms with Gasteiger partial charge in [0.15, 0.2) is 5.96 Å². The maximum Gasteiger partial charge on any atom is 0.416 e. The van der Waals surface area contributed by atoms with E-state index in [0.29, 0.717) is 13.1 Å². The lowest BCUT2D eigenvalue weighted by Crippen LogP contribution is -2.44. The van der Waals surface area contributed by atoms with Crippen molar-refractivity contribution >= 4 is 41.3 Å². The number of aryl methyl sites for hydroxylation is 2. The fraction of sp³-hybridized carbons (Fsp3) is 0.500. The van der Waals surface area contributed by atoms with Crippen molar-refractivity contribution in [2.24, 2.45) is 4.99 Å². The molecule has 1 unspecified atom stereocenters. The van der Waals surface area contributed by atoms with Crippen LogP contribution in [-0.4, -0.2) is 42.0 Å². The summed E-state index contributed by atoms with van der Waals surface area (Å²) in [7, 11) is 1.75. The number of likely N-dealkylation sites (tertiary alicyclic amines) is 1. The van der Waals surface area contributed by atoms with Crippen LogP contribution in [0.15, 0.2) is 29.3 Å². The molecule has 1 aromatic heterocycles. The molecule has 0 saturated carbocycles. The van der Waals surface area contributed by atoms with Gasteiger partial charge in [-0.1, -0.05) is 12.1 Å². The highest BCUT2D eigenvalue weighted by molar-refractivity contribution is 14.0. The Labute approximate surface area is 196 Å². The van der Waals surface area contributed by atoms with E-state index in [1.54, 1.807) is 30.5 Å². The second-order valence-electron chi connectivity index (χ2n) is 7.23. The molecule has 0 aliphatic carbocycles. The van der Waals surface area contributed by atoms with Crippen LogP contribution in [0.1, 0.15) is 33.1 Å². The van der Waals surface area contributed by atoms with Gasteiger partial charge in [0, 0.05) is 37.6 Å². The van der Waals surface area contributed by atoms with Crippen molar-refractivity contribution in [3.05, 3.63) is 51.0 Å². The molecule has 1 atom stereocenters. The molecule has 166 valence electrons. The number of hydrogen-bond acceptors (Lipinski definition) is 4. The maximum absolute atomic E-state index is 12.7. The minimum atomic E-state index is -4.29. The van der Waals surface area contributed by atoms with Gasteiger partial charge in [0.05, 0.1) is 22.8 Å². The maximum atomic E-state index is 12.7. The lowest BCUT2D eigenvalue weighted by atomic mass is 10.1. The van der Waals surface area contributed by atoms with Crippen LogP contribution in [0.5, 0.6) is 0 Å². The smallest absolute Gasteiger partial charge is 0.352 e. The molecule has 1 aromatic carbocycles. The number of nitrogens with one attached hydrogen (secondary N) is 2. The minimum Gasteiger partial charge on any atom is -0.352 e. The van der Waals surface area contributed by atoms with E-state index in [1.165, 1.54) is 4.88 Å². The van der Waals surface area contributed by atoms with Crippen LogP contribution in [0.25, 0.3) is 0 Å². The molecule has 0 spiro atoms. The first-order chi connectivity index (χ1) is 13.7. The first-order valence-electron chi connectivity index (χ1n) is 9.53. The van der Waals surface area contributed by atoms with Gasteiger partial charge in [-0.3, -0.25) is 9.89 Å². The van der Waals surface area contributed by atoms with Crippen molar-refractivity contribution in [1.82, 2.24) is 20.5 Å². The zero-order chi connectivity index (χ0) is 21.0. The molecule has 0 radical (unpaired) electrons. The predicted octanol–water partition coefficient (Wildman–Crippen LogP) is 4.34. The molecule has 1 fully saturated rings.